The number of nitrogen functional groups attached to an aromatic ring is 1. The van der Waals surface area contributed by atoms with Gasteiger partial charge in [0.05, 0.1) is 12.7 Å². The summed E-state index contributed by atoms with van der Waals surface area (Å²) in [6, 6.07) is 0. The molecule has 0 bridgehead atoms. The Labute approximate surface area is 112 Å². The molecule has 0 aliphatic carbocycles. The molecule has 2 aliphatic heterocycles. The minimum Gasteiger partial charge on any atom is -0.394 e. The van der Waals surface area contributed by atoms with Gasteiger partial charge in [0.1, 0.15) is 6.33 Å². The zero-order valence-corrected chi connectivity index (χ0v) is 10.9. The maximum absolute atomic E-state index is 11.0. The van der Waals surface area contributed by atoms with Crippen molar-refractivity contribution in [1.29, 1.82) is 0 Å². The molecule has 11 nitrogen and oxygen atoms in total. The summed E-state index contributed by atoms with van der Waals surface area (Å²) in [5.41, 5.74) is 5.73. The molecule has 12 heteroatoms. The summed E-state index contributed by atoms with van der Waals surface area (Å²) in [7, 11) is -4.89. The summed E-state index contributed by atoms with van der Waals surface area (Å²) in [4.78, 5) is 29.2. The van der Waals surface area contributed by atoms with Gasteiger partial charge in [0.2, 0.25) is 5.82 Å². The highest BCUT2D eigenvalue weighted by Gasteiger charge is 2.27. The number of phosphoric acid groups is 1. The molecular weight excluding hydrogens is 293 g/mol. The summed E-state index contributed by atoms with van der Waals surface area (Å²) in [5.74, 6) is -0.204. The van der Waals surface area contributed by atoms with E-state index < -0.39 is 20.5 Å². The van der Waals surface area contributed by atoms with E-state index in [0.29, 0.717) is 4.73 Å². The van der Waals surface area contributed by atoms with Crippen LogP contribution in [0.3, 0.4) is 0 Å². The number of nitrogens with two attached hydrogens (primary N) is 1. The lowest BCUT2D eigenvalue weighted by Gasteiger charge is -2.18. The number of aliphatic hydroxyl groups is 2. The number of fused-ring (bicyclic) bond motifs is 1. The maximum Gasteiger partial charge on any atom is 0.543 e. The molecule has 0 spiro atoms. The van der Waals surface area contributed by atoms with Gasteiger partial charge in [-0.1, -0.05) is 0 Å². The normalized spacial score (nSPS) is 13.6. The number of nitrogens with zero attached hydrogens (tertiary/aromatic N) is 4. The van der Waals surface area contributed by atoms with Gasteiger partial charge in [-0.15, -0.1) is 4.73 Å². The molecule has 0 radical (unpaired) electrons. The van der Waals surface area contributed by atoms with Crippen LogP contribution in [0.1, 0.15) is 5.82 Å². The monoisotopic (exact) mass is 305 g/mol. The van der Waals surface area contributed by atoms with E-state index in [1.807, 2.05) is 0 Å². The first-order chi connectivity index (χ1) is 9.31. The molecule has 0 fully saturated rings. The lowest BCUT2D eigenvalue weighted by atomic mass is 10.2. The van der Waals surface area contributed by atoms with Gasteiger partial charge < -0.3 is 20.6 Å². The number of aliphatic hydroxyl groups excluding tert-OH is 2. The van der Waals surface area contributed by atoms with Crippen molar-refractivity contribution in [2.75, 3.05) is 12.3 Å². The minimum absolute atomic E-state index is 0.0387. The number of anilines is 1. The predicted octanol–water partition coefficient (Wildman–Crippen LogP) is -2.22. The van der Waals surface area contributed by atoms with Crippen molar-refractivity contribution in [1.82, 2.24) is 19.7 Å². The van der Waals surface area contributed by atoms with Crippen molar-refractivity contribution in [3.63, 3.8) is 0 Å². The van der Waals surface area contributed by atoms with Crippen molar-refractivity contribution in [3.8, 4) is 11.5 Å². The molecule has 20 heavy (non-hydrogen) atoms. The third kappa shape index (κ3) is 3.03. The topological polar surface area (TPSA) is 177 Å². The molecule has 0 aromatic heterocycles. The van der Waals surface area contributed by atoms with Crippen LogP contribution < -0.4 is 10.4 Å². The second-order valence-electron chi connectivity index (χ2n) is 3.87. The lowest BCUT2D eigenvalue weighted by molar-refractivity contribution is 0.0871. The van der Waals surface area contributed by atoms with Gasteiger partial charge in [0.15, 0.2) is 17.3 Å². The summed E-state index contributed by atoms with van der Waals surface area (Å²) in [6.45, 7) is -0.567. The van der Waals surface area contributed by atoms with E-state index in [9.17, 15) is 9.67 Å². The second-order valence-corrected chi connectivity index (χ2v) is 5.01. The summed E-state index contributed by atoms with van der Waals surface area (Å²) in [5, 5.41) is 18.2. The molecule has 0 saturated carbocycles. The fraction of sp³-hybridized carbons (Fsp3) is 0.375. The van der Waals surface area contributed by atoms with Crippen LogP contribution in [0, 0.1) is 0 Å². The van der Waals surface area contributed by atoms with E-state index in [-0.39, 0.29) is 29.6 Å². The van der Waals surface area contributed by atoms with E-state index in [1.165, 1.54) is 0 Å². The quantitative estimate of drug-likeness (QED) is 0.380. The Kier molecular flexibility index (Phi) is 3.88. The highest BCUT2D eigenvalue weighted by atomic mass is 31.2. The van der Waals surface area contributed by atoms with Crippen molar-refractivity contribution in [3.05, 3.63) is 12.2 Å². The van der Waals surface area contributed by atoms with Gasteiger partial charge in [-0.3, -0.25) is 9.79 Å². The van der Waals surface area contributed by atoms with Gasteiger partial charge in [-0.2, -0.15) is 0 Å². The molecule has 2 heterocycles. The van der Waals surface area contributed by atoms with E-state index in [0.717, 1.165) is 6.33 Å². The number of imidazole rings is 1. The highest BCUT2D eigenvalue weighted by Crippen LogP contribution is 2.34. The van der Waals surface area contributed by atoms with Crippen molar-refractivity contribution in [2.24, 2.45) is 0 Å². The van der Waals surface area contributed by atoms with Crippen LogP contribution in [0.2, 0.25) is 0 Å². The van der Waals surface area contributed by atoms with Crippen molar-refractivity contribution < 1.29 is 29.2 Å². The number of hydrogen-bond donors (Lipinski definition) is 5. The van der Waals surface area contributed by atoms with Crippen LogP contribution >= 0.6 is 7.82 Å². The van der Waals surface area contributed by atoms with E-state index in [4.69, 9.17) is 20.6 Å². The Bertz CT molecular complexity index is 626. The van der Waals surface area contributed by atoms with Crippen LogP contribution in [-0.2, 0) is 11.0 Å². The molecule has 110 valence electrons. The smallest absolute Gasteiger partial charge is 0.394 e. The zero-order valence-electron chi connectivity index (χ0n) is 9.99. The van der Waals surface area contributed by atoms with Crippen molar-refractivity contribution >= 4 is 13.6 Å². The molecule has 2 aliphatic rings. The Morgan fingerprint density at radius 2 is 2.15 bits per heavy atom. The third-order valence-corrected chi connectivity index (χ3v) is 2.69. The first kappa shape index (κ1) is 14.6. The molecule has 0 aromatic carbocycles. The third-order valence-electron chi connectivity index (χ3n) is 2.31. The Morgan fingerprint density at radius 3 is 2.75 bits per heavy atom. The average Bonchev–Trinajstić information content (AvgIpc) is 2.82. The molecule has 2 rings (SSSR count). The van der Waals surface area contributed by atoms with Crippen LogP contribution in [0.15, 0.2) is 6.33 Å². The maximum atomic E-state index is 11.0. The van der Waals surface area contributed by atoms with Gasteiger partial charge in [-0.05, 0) is 0 Å². The van der Waals surface area contributed by atoms with Crippen LogP contribution in [0.5, 0.6) is 0 Å². The van der Waals surface area contributed by atoms with E-state index in [2.05, 4.69) is 19.6 Å². The Morgan fingerprint density at radius 1 is 1.45 bits per heavy atom. The molecule has 0 aromatic rings. The second kappa shape index (κ2) is 5.31. The summed E-state index contributed by atoms with van der Waals surface area (Å²) in [6.07, 6.45) is -0.327. The van der Waals surface area contributed by atoms with Gasteiger partial charge >= 0.3 is 7.82 Å². The number of hydrogen-bond acceptors (Lipinski definition) is 8. The van der Waals surface area contributed by atoms with Crippen LogP contribution in [0.4, 0.5) is 5.82 Å². The van der Waals surface area contributed by atoms with Crippen LogP contribution in [0.25, 0.3) is 11.5 Å². The minimum atomic E-state index is -4.89. The van der Waals surface area contributed by atoms with Crippen molar-refractivity contribution in [2.45, 2.75) is 12.5 Å². The zero-order chi connectivity index (χ0) is 14.9. The standard InChI is InChI=1S/C8H12N5O6P/c9-7-6-8(11-3-10-6)13(19-20(16,17)18)5(12-7)1-4(15)2-14/h3-4,14-15H,1-2,9H2,(H2,16,17,18). The SMILES string of the molecule is Nc1nc(CC(O)CO)n(OP(=O)(O)O)c2ncnc1-2. The molecule has 1 unspecified atom stereocenters. The largest absolute Gasteiger partial charge is 0.543 e. The first-order valence-corrected chi connectivity index (χ1v) is 6.87. The highest BCUT2D eigenvalue weighted by molar-refractivity contribution is 7.46. The van der Waals surface area contributed by atoms with Gasteiger partial charge in [-0.25, -0.2) is 19.5 Å². The molecule has 0 saturated heterocycles. The van der Waals surface area contributed by atoms with Gasteiger partial charge in [0.25, 0.3) is 0 Å². The van der Waals surface area contributed by atoms with E-state index in [1.54, 1.807) is 0 Å². The number of aromatic nitrogens is 4. The Balaban J connectivity index is 2.55. The Hall–Kier alpha value is -1.78. The summed E-state index contributed by atoms with van der Waals surface area (Å²) < 4.78 is 16.1. The first-order valence-electron chi connectivity index (χ1n) is 5.34. The fourth-order valence-corrected chi connectivity index (χ4v) is 1.93. The fourth-order valence-electron chi connectivity index (χ4n) is 1.55. The lowest BCUT2D eigenvalue weighted by Crippen LogP contribution is -2.25. The molecule has 0 amide bonds. The number of rotatable bonds is 5. The van der Waals surface area contributed by atoms with Crippen LogP contribution in [-0.4, -0.2) is 52.4 Å². The summed E-state index contributed by atoms with van der Waals surface area (Å²) >= 11 is 0. The van der Waals surface area contributed by atoms with Gasteiger partial charge in [0, 0.05) is 6.42 Å². The molecule has 1 atom stereocenters. The van der Waals surface area contributed by atoms with E-state index >= 15 is 0 Å². The average molecular weight is 305 g/mol. The predicted molar refractivity (Wildman–Crippen MR) is 64.3 cm³/mol. The molecular formula is C8H12N5O6P. The molecule has 6 N–H and O–H groups in total.